The van der Waals surface area contributed by atoms with Crippen LogP contribution in [0.5, 0.6) is 0 Å². The van der Waals surface area contributed by atoms with Crippen LogP contribution in [0.15, 0.2) is 42.6 Å². The molecule has 1 aliphatic rings. The molecule has 0 saturated heterocycles. The summed E-state index contributed by atoms with van der Waals surface area (Å²) in [5, 5.41) is 1.94. The van der Waals surface area contributed by atoms with Gasteiger partial charge in [-0.3, -0.25) is 9.90 Å². The minimum absolute atomic E-state index is 0.358. The van der Waals surface area contributed by atoms with E-state index in [-0.39, 0.29) is 0 Å². The zero-order valence-corrected chi connectivity index (χ0v) is 8.39. The van der Waals surface area contributed by atoms with Gasteiger partial charge in [0.05, 0.1) is 12.6 Å². The van der Waals surface area contributed by atoms with E-state index in [1.165, 1.54) is 5.56 Å². The van der Waals surface area contributed by atoms with E-state index >= 15 is 0 Å². The highest BCUT2D eigenvalue weighted by Crippen LogP contribution is 2.29. The summed E-state index contributed by atoms with van der Waals surface area (Å²) in [5.41, 5.74) is 1.31. The second kappa shape index (κ2) is 4.29. The maximum atomic E-state index is 5.52. The zero-order valence-electron chi connectivity index (χ0n) is 8.39. The van der Waals surface area contributed by atoms with Crippen molar-refractivity contribution in [1.29, 1.82) is 0 Å². The van der Waals surface area contributed by atoms with E-state index in [4.69, 9.17) is 4.84 Å². The normalized spacial score (nSPS) is 20.4. The van der Waals surface area contributed by atoms with Gasteiger partial charge in [-0.15, -0.1) is 0 Å². The molecule has 0 spiro atoms. The molecular weight excluding hydrogens is 174 g/mol. The summed E-state index contributed by atoms with van der Waals surface area (Å²) in [6.45, 7) is 2.72. The molecule has 1 aromatic rings. The topological polar surface area (TPSA) is 12.5 Å². The van der Waals surface area contributed by atoms with Crippen LogP contribution in [0.1, 0.15) is 24.9 Å². The van der Waals surface area contributed by atoms with E-state index in [1.54, 1.807) is 0 Å². The monoisotopic (exact) mass is 189 g/mol. The van der Waals surface area contributed by atoms with Crippen molar-refractivity contribution in [3.05, 3.63) is 48.2 Å². The molecule has 1 aliphatic heterocycles. The number of hydrogen-bond acceptors (Lipinski definition) is 2. The third kappa shape index (κ3) is 1.80. The largest absolute Gasteiger partial charge is 0.274 e. The Labute approximate surface area is 84.8 Å². The lowest BCUT2D eigenvalue weighted by molar-refractivity contribution is -0.137. The molecule has 2 heteroatoms. The van der Waals surface area contributed by atoms with Crippen LogP contribution in [0.3, 0.4) is 0 Å². The molecule has 0 radical (unpaired) electrons. The summed E-state index contributed by atoms with van der Waals surface area (Å²) in [7, 11) is 0. The SMILES string of the molecule is CCON1C=CC[C@@H]1c1ccccc1. The third-order valence-electron chi connectivity index (χ3n) is 2.38. The second-order valence-electron chi connectivity index (χ2n) is 3.32. The molecule has 0 aromatic heterocycles. The highest BCUT2D eigenvalue weighted by atomic mass is 16.7. The van der Waals surface area contributed by atoms with Gasteiger partial charge >= 0.3 is 0 Å². The molecule has 0 fully saturated rings. The Morgan fingerprint density at radius 3 is 2.86 bits per heavy atom. The molecular formula is C12H15NO. The van der Waals surface area contributed by atoms with Crippen molar-refractivity contribution < 1.29 is 4.84 Å². The highest BCUT2D eigenvalue weighted by molar-refractivity contribution is 5.21. The van der Waals surface area contributed by atoms with Crippen molar-refractivity contribution in [2.24, 2.45) is 0 Å². The van der Waals surface area contributed by atoms with Gasteiger partial charge < -0.3 is 0 Å². The van der Waals surface area contributed by atoms with Crippen LogP contribution in [-0.2, 0) is 4.84 Å². The molecule has 2 nitrogen and oxygen atoms in total. The molecule has 74 valence electrons. The number of hydroxylamine groups is 2. The van der Waals surface area contributed by atoms with Crippen LogP contribution in [0.2, 0.25) is 0 Å². The highest BCUT2D eigenvalue weighted by Gasteiger charge is 2.20. The van der Waals surface area contributed by atoms with Crippen LogP contribution in [0.25, 0.3) is 0 Å². The summed E-state index contributed by atoms with van der Waals surface area (Å²) in [6.07, 6.45) is 5.19. The van der Waals surface area contributed by atoms with E-state index in [1.807, 2.05) is 24.3 Å². The Kier molecular flexibility index (Phi) is 2.84. The van der Waals surface area contributed by atoms with E-state index in [0.29, 0.717) is 12.6 Å². The van der Waals surface area contributed by atoms with Gasteiger partial charge in [0, 0.05) is 6.20 Å². The first kappa shape index (κ1) is 9.28. The first-order valence-corrected chi connectivity index (χ1v) is 5.04. The molecule has 0 aliphatic carbocycles. The first-order valence-electron chi connectivity index (χ1n) is 5.04. The van der Waals surface area contributed by atoms with Crippen LogP contribution in [-0.4, -0.2) is 11.7 Å². The second-order valence-corrected chi connectivity index (χ2v) is 3.32. The third-order valence-corrected chi connectivity index (χ3v) is 2.38. The molecule has 0 bridgehead atoms. The minimum atomic E-state index is 0.358. The Morgan fingerprint density at radius 2 is 2.14 bits per heavy atom. The standard InChI is InChI=1S/C12H15NO/c1-2-14-13-10-6-9-12(13)11-7-4-3-5-8-11/h3-8,10,12H,2,9H2,1H3/t12-/m1/s1. The smallest absolute Gasteiger partial charge is 0.0843 e. The van der Waals surface area contributed by atoms with Crippen molar-refractivity contribution in [1.82, 2.24) is 5.06 Å². The van der Waals surface area contributed by atoms with E-state index < -0.39 is 0 Å². The minimum Gasteiger partial charge on any atom is -0.274 e. The maximum absolute atomic E-state index is 5.52. The van der Waals surface area contributed by atoms with Gasteiger partial charge in [-0.2, -0.15) is 0 Å². The van der Waals surface area contributed by atoms with Crippen LogP contribution < -0.4 is 0 Å². The number of hydrogen-bond donors (Lipinski definition) is 0. The van der Waals surface area contributed by atoms with Gasteiger partial charge in [-0.25, -0.2) is 0 Å². The summed E-state index contributed by atoms with van der Waals surface area (Å²) < 4.78 is 0. The van der Waals surface area contributed by atoms with Crippen molar-refractivity contribution in [3.8, 4) is 0 Å². The van der Waals surface area contributed by atoms with Crippen LogP contribution >= 0.6 is 0 Å². The van der Waals surface area contributed by atoms with Crippen molar-refractivity contribution in [3.63, 3.8) is 0 Å². The molecule has 0 N–H and O–H groups in total. The number of nitrogens with zero attached hydrogens (tertiary/aromatic N) is 1. The molecule has 0 amide bonds. The molecule has 2 rings (SSSR count). The van der Waals surface area contributed by atoms with E-state index in [9.17, 15) is 0 Å². The number of rotatable bonds is 3. The fraction of sp³-hybridized carbons (Fsp3) is 0.333. The summed E-state index contributed by atoms with van der Waals surface area (Å²) in [4.78, 5) is 5.52. The first-order chi connectivity index (χ1) is 6.92. The van der Waals surface area contributed by atoms with Crippen molar-refractivity contribution in [2.45, 2.75) is 19.4 Å². The molecule has 1 aromatic carbocycles. The summed E-state index contributed by atoms with van der Waals surface area (Å²) >= 11 is 0. The Morgan fingerprint density at radius 1 is 1.36 bits per heavy atom. The van der Waals surface area contributed by atoms with Gasteiger partial charge in [0.2, 0.25) is 0 Å². The predicted octanol–water partition coefficient (Wildman–Crippen LogP) is 2.90. The van der Waals surface area contributed by atoms with Crippen LogP contribution in [0, 0.1) is 0 Å². The van der Waals surface area contributed by atoms with Gasteiger partial charge in [0.25, 0.3) is 0 Å². The Hall–Kier alpha value is -1.28. The summed E-state index contributed by atoms with van der Waals surface area (Å²) in [5.74, 6) is 0. The Balaban J connectivity index is 2.12. The zero-order chi connectivity index (χ0) is 9.80. The van der Waals surface area contributed by atoms with Crippen molar-refractivity contribution in [2.75, 3.05) is 6.61 Å². The lowest BCUT2D eigenvalue weighted by Crippen LogP contribution is -2.19. The average molecular weight is 189 g/mol. The molecule has 14 heavy (non-hydrogen) atoms. The van der Waals surface area contributed by atoms with Gasteiger partial charge in [-0.1, -0.05) is 36.4 Å². The number of benzene rings is 1. The lowest BCUT2D eigenvalue weighted by Gasteiger charge is -2.24. The van der Waals surface area contributed by atoms with Gasteiger partial charge in [0.1, 0.15) is 0 Å². The lowest BCUT2D eigenvalue weighted by atomic mass is 10.1. The van der Waals surface area contributed by atoms with Crippen LogP contribution in [0.4, 0.5) is 0 Å². The molecule has 0 saturated carbocycles. The summed E-state index contributed by atoms with van der Waals surface area (Å²) in [6, 6.07) is 10.8. The molecule has 1 atom stereocenters. The molecule has 1 heterocycles. The van der Waals surface area contributed by atoms with Crippen molar-refractivity contribution >= 4 is 0 Å². The van der Waals surface area contributed by atoms with Gasteiger partial charge in [-0.05, 0) is 18.9 Å². The van der Waals surface area contributed by atoms with E-state index in [0.717, 1.165) is 6.42 Å². The average Bonchev–Trinajstić information content (AvgIpc) is 2.68. The van der Waals surface area contributed by atoms with Gasteiger partial charge in [0.15, 0.2) is 0 Å². The fourth-order valence-electron chi connectivity index (χ4n) is 1.74. The van der Waals surface area contributed by atoms with E-state index in [2.05, 4.69) is 30.3 Å². The Bertz CT molecular complexity index is 307. The molecule has 0 unspecified atom stereocenters. The maximum Gasteiger partial charge on any atom is 0.0843 e. The quantitative estimate of drug-likeness (QED) is 0.725. The fourth-order valence-corrected chi connectivity index (χ4v) is 1.74. The predicted molar refractivity (Wildman–Crippen MR) is 56.4 cm³/mol.